The molecule has 1 aliphatic carbocycles. The molecule has 0 aromatic carbocycles. The van der Waals surface area contributed by atoms with Crippen LogP contribution in [0, 0.1) is 6.92 Å². The number of aryl methyl sites for hydroxylation is 1. The summed E-state index contributed by atoms with van der Waals surface area (Å²) in [6, 6.07) is 2.09. The van der Waals surface area contributed by atoms with Crippen molar-refractivity contribution in [2.24, 2.45) is 0 Å². The molecule has 2 nitrogen and oxygen atoms in total. The number of hydrogen-bond donors (Lipinski definition) is 1. The Morgan fingerprint density at radius 2 is 2.21 bits per heavy atom. The van der Waals surface area contributed by atoms with E-state index in [9.17, 15) is 0 Å². The van der Waals surface area contributed by atoms with E-state index in [4.69, 9.17) is 0 Å². The van der Waals surface area contributed by atoms with Gasteiger partial charge in [-0.1, -0.05) is 0 Å². The Kier molecular flexibility index (Phi) is 2.52. The molecule has 1 saturated carbocycles. The van der Waals surface area contributed by atoms with Gasteiger partial charge in [0, 0.05) is 11.7 Å². The largest absolute Gasteiger partial charge is 0.364 e. The van der Waals surface area contributed by atoms with Crippen molar-refractivity contribution in [3.63, 3.8) is 0 Å². The van der Waals surface area contributed by atoms with Crippen LogP contribution in [0.1, 0.15) is 31.7 Å². The Hall–Kier alpha value is -0.570. The number of pyridine rings is 1. The van der Waals surface area contributed by atoms with Crippen molar-refractivity contribution in [2.75, 3.05) is 5.32 Å². The standard InChI is InChI=1S/C11H15BrN2/c1-8-6-9(12)10(13-7-8)14-11(2)4-3-5-11/h6-7H,3-5H2,1-2H3,(H,13,14). The van der Waals surface area contributed by atoms with Crippen molar-refractivity contribution in [1.82, 2.24) is 4.98 Å². The minimum atomic E-state index is 0.269. The number of anilines is 1. The first-order valence-electron chi connectivity index (χ1n) is 4.99. The van der Waals surface area contributed by atoms with Crippen LogP contribution in [0.2, 0.25) is 0 Å². The fourth-order valence-corrected chi connectivity index (χ4v) is 2.31. The molecule has 1 aromatic heterocycles. The van der Waals surface area contributed by atoms with Crippen LogP contribution in [0.25, 0.3) is 0 Å². The van der Waals surface area contributed by atoms with Gasteiger partial charge in [0.15, 0.2) is 0 Å². The summed E-state index contributed by atoms with van der Waals surface area (Å²) in [5.74, 6) is 0.970. The fourth-order valence-electron chi connectivity index (χ4n) is 1.74. The van der Waals surface area contributed by atoms with Crippen molar-refractivity contribution >= 4 is 21.7 Å². The highest BCUT2D eigenvalue weighted by atomic mass is 79.9. The van der Waals surface area contributed by atoms with Crippen LogP contribution >= 0.6 is 15.9 Å². The second-order valence-corrected chi connectivity index (χ2v) is 5.24. The highest BCUT2D eigenvalue weighted by Gasteiger charge is 2.32. The number of halogens is 1. The lowest BCUT2D eigenvalue weighted by Gasteiger charge is -2.39. The maximum absolute atomic E-state index is 4.39. The van der Waals surface area contributed by atoms with Gasteiger partial charge in [0.25, 0.3) is 0 Å². The van der Waals surface area contributed by atoms with E-state index in [0.717, 1.165) is 10.3 Å². The molecule has 0 amide bonds. The SMILES string of the molecule is Cc1cnc(NC2(C)CCC2)c(Br)c1. The van der Waals surface area contributed by atoms with E-state index in [0.29, 0.717) is 0 Å². The van der Waals surface area contributed by atoms with Crippen molar-refractivity contribution in [3.8, 4) is 0 Å². The van der Waals surface area contributed by atoms with E-state index >= 15 is 0 Å². The molecule has 0 atom stereocenters. The van der Waals surface area contributed by atoms with E-state index in [1.807, 2.05) is 13.1 Å². The number of nitrogens with one attached hydrogen (secondary N) is 1. The maximum atomic E-state index is 4.39. The first kappa shape index (κ1) is 9.97. The number of rotatable bonds is 2. The smallest absolute Gasteiger partial charge is 0.140 e. The summed E-state index contributed by atoms with van der Waals surface area (Å²) in [6.07, 6.45) is 5.71. The summed E-state index contributed by atoms with van der Waals surface area (Å²) in [5.41, 5.74) is 1.45. The van der Waals surface area contributed by atoms with Crippen LogP contribution in [0.4, 0.5) is 5.82 Å². The Labute approximate surface area is 93.3 Å². The van der Waals surface area contributed by atoms with Gasteiger partial charge >= 0.3 is 0 Å². The Morgan fingerprint density at radius 1 is 1.50 bits per heavy atom. The minimum absolute atomic E-state index is 0.269. The molecule has 2 rings (SSSR count). The third-order valence-corrected chi connectivity index (χ3v) is 3.46. The van der Waals surface area contributed by atoms with Crippen LogP contribution in [0.15, 0.2) is 16.7 Å². The van der Waals surface area contributed by atoms with Gasteiger partial charge in [0.05, 0.1) is 4.47 Å². The molecule has 0 saturated heterocycles. The molecule has 0 spiro atoms. The second kappa shape index (κ2) is 3.54. The van der Waals surface area contributed by atoms with Crippen LogP contribution in [0.5, 0.6) is 0 Å². The van der Waals surface area contributed by atoms with E-state index in [2.05, 4.69) is 39.2 Å². The molecule has 0 unspecified atom stereocenters. The molecule has 1 aromatic rings. The quantitative estimate of drug-likeness (QED) is 0.874. The molecule has 1 aliphatic rings. The van der Waals surface area contributed by atoms with Gasteiger partial charge in [0.2, 0.25) is 0 Å². The third-order valence-electron chi connectivity index (χ3n) is 2.86. The summed E-state index contributed by atoms with van der Waals surface area (Å²) in [4.78, 5) is 4.39. The zero-order chi connectivity index (χ0) is 10.2. The van der Waals surface area contributed by atoms with Crippen molar-refractivity contribution in [2.45, 2.75) is 38.6 Å². The van der Waals surface area contributed by atoms with Crippen LogP contribution in [0.3, 0.4) is 0 Å². The summed E-state index contributed by atoms with van der Waals surface area (Å²) in [7, 11) is 0. The van der Waals surface area contributed by atoms with E-state index in [1.54, 1.807) is 0 Å². The van der Waals surface area contributed by atoms with E-state index in [1.165, 1.54) is 24.8 Å². The topological polar surface area (TPSA) is 24.9 Å². The second-order valence-electron chi connectivity index (χ2n) is 4.38. The monoisotopic (exact) mass is 254 g/mol. The van der Waals surface area contributed by atoms with E-state index in [-0.39, 0.29) is 5.54 Å². The van der Waals surface area contributed by atoms with Gasteiger partial charge in [-0.2, -0.15) is 0 Å². The van der Waals surface area contributed by atoms with Crippen molar-refractivity contribution < 1.29 is 0 Å². The summed E-state index contributed by atoms with van der Waals surface area (Å²) in [6.45, 7) is 4.30. The zero-order valence-corrected chi connectivity index (χ0v) is 10.2. The molecule has 1 fully saturated rings. The van der Waals surface area contributed by atoms with Crippen LogP contribution in [-0.2, 0) is 0 Å². The molecule has 0 aliphatic heterocycles. The fraction of sp³-hybridized carbons (Fsp3) is 0.545. The van der Waals surface area contributed by atoms with Gasteiger partial charge in [-0.3, -0.25) is 0 Å². The lowest BCUT2D eigenvalue weighted by atomic mass is 9.78. The molecule has 1 heterocycles. The first-order valence-corrected chi connectivity index (χ1v) is 5.79. The zero-order valence-electron chi connectivity index (χ0n) is 8.60. The minimum Gasteiger partial charge on any atom is -0.364 e. The Morgan fingerprint density at radius 3 is 2.71 bits per heavy atom. The molecule has 14 heavy (non-hydrogen) atoms. The van der Waals surface area contributed by atoms with Crippen molar-refractivity contribution in [3.05, 3.63) is 22.3 Å². The maximum Gasteiger partial charge on any atom is 0.140 e. The van der Waals surface area contributed by atoms with E-state index < -0.39 is 0 Å². The molecule has 1 N–H and O–H groups in total. The lowest BCUT2D eigenvalue weighted by molar-refractivity contribution is 0.305. The van der Waals surface area contributed by atoms with Gasteiger partial charge in [-0.15, -0.1) is 0 Å². The predicted molar refractivity (Wildman–Crippen MR) is 62.6 cm³/mol. The lowest BCUT2D eigenvalue weighted by Crippen LogP contribution is -2.42. The van der Waals surface area contributed by atoms with Gasteiger partial charge in [-0.05, 0) is 60.7 Å². The van der Waals surface area contributed by atoms with Gasteiger partial charge in [0.1, 0.15) is 5.82 Å². The Bertz CT molecular complexity index is 345. The molecule has 0 radical (unpaired) electrons. The summed E-state index contributed by atoms with van der Waals surface area (Å²) < 4.78 is 1.06. The number of hydrogen-bond acceptors (Lipinski definition) is 2. The molecule has 76 valence electrons. The normalized spacial score (nSPS) is 18.8. The molecular weight excluding hydrogens is 240 g/mol. The highest BCUT2D eigenvalue weighted by molar-refractivity contribution is 9.10. The molecule has 0 bridgehead atoms. The third kappa shape index (κ3) is 1.92. The van der Waals surface area contributed by atoms with Crippen LogP contribution in [-0.4, -0.2) is 10.5 Å². The molecular formula is C11H15BrN2. The van der Waals surface area contributed by atoms with Gasteiger partial charge in [-0.25, -0.2) is 4.98 Å². The average molecular weight is 255 g/mol. The number of nitrogens with zero attached hydrogens (tertiary/aromatic N) is 1. The number of aromatic nitrogens is 1. The van der Waals surface area contributed by atoms with Crippen molar-refractivity contribution in [1.29, 1.82) is 0 Å². The predicted octanol–water partition coefficient (Wildman–Crippen LogP) is 3.51. The Balaban J connectivity index is 2.16. The first-order chi connectivity index (χ1) is 6.59. The summed E-state index contributed by atoms with van der Waals surface area (Å²) >= 11 is 3.53. The van der Waals surface area contributed by atoms with Crippen LogP contribution < -0.4 is 5.32 Å². The molecule has 3 heteroatoms. The highest BCUT2D eigenvalue weighted by Crippen LogP contribution is 2.35. The van der Waals surface area contributed by atoms with Gasteiger partial charge < -0.3 is 5.32 Å². The summed E-state index contributed by atoms with van der Waals surface area (Å²) in [5, 5.41) is 3.49. The average Bonchev–Trinajstić information content (AvgIpc) is 2.07.